The van der Waals surface area contributed by atoms with Crippen molar-refractivity contribution in [3.8, 4) is 11.5 Å². The molecule has 9 heteroatoms. The van der Waals surface area contributed by atoms with Gasteiger partial charge in [-0.05, 0) is 19.1 Å². The maximum atomic E-state index is 11.6. The fourth-order valence-corrected chi connectivity index (χ4v) is 1.99. The van der Waals surface area contributed by atoms with Crippen LogP contribution in [0.5, 0.6) is 0 Å². The van der Waals surface area contributed by atoms with E-state index >= 15 is 0 Å². The van der Waals surface area contributed by atoms with E-state index in [1.54, 1.807) is 25.3 Å². The molecule has 0 atom stereocenters. The minimum Gasteiger partial charge on any atom is -0.465 e. The number of nitrogens with zero attached hydrogens (tertiary/aromatic N) is 3. The van der Waals surface area contributed by atoms with Crippen molar-refractivity contribution in [3.63, 3.8) is 0 Å². The van der Waals surface area contributed by atoms with E-state index in [1.165, 1.54) is 5.01 Å². The molecular formula is C12H14N6O3. The predicted molar refractivity (Wildman–Crippen MR) is 74.9 cm³/mol. The Morgan fingerprint density at radius 1 is 1.52 bits per heavy atom. The van der Waals surface area contributed by atoms with Gasteiger partial charge in [0.2, 0.25) is 5.95 Å². The number of hydrogen-bond donors (Lipinski definition) is 3. The number of anilines is 3. The summed E-state index contributed by atoms with van der Waals surface area (Å²) in [6.45, 7) is 2.05. The van der Waals surface area contributed by atoms with Crippen LogP contribution in [0.1, 0.15) is 6.92 Å². The second kappa shape index (κ2) is 5.29. The van der Waals surface area contributed by atoms with E-state index in [1.807, 2.05) is 0 Å². The number of ether oxygens (including phenoxy) is 1. The number of rotatable bonds is 4. The summed E-state index contributed by atoms with van der Waals surface area (Å²) in [5.74, 6) is 0.713. The molecule has 9 nitrogen and oxygen atoms in total. The van der Waals surface area contributed by atoms with Crippen LogP contribution in [0.2, 0.25) is 0 Å². The van der Waals surface area contributed by atoms with Gasteiger partial charge in [0.25, 0.3) is 0 Å². The molecule has 0 fully saturated rings. The van der Waals surface area contributed by atoms with Crippen molar-refractivity contribution >= 4 is 23.4 Å². The number of hydrogen-bond acceptors (Lipinski definition) is 9. The van der Waals surface area contributed by atoms with Crippen molar-refractivity contribution in [3.05, 3.63) is 18.4 Å². The Morgan fingerprint density at radius 2 is 2.38 bits per heavy atom. The fourth-order valence-electron chi connectivity index (χ4n) is 1.99. The summed E-state index contributed by atoms with van der Waals surface area (Å²) in [5.41, 5.74) is 12.6. The minimum atomic E-state index is -0.378. The van der Waals surface area contributed by atoms with Gasteiger partial charge < -0.3 is 14.9 Å². The molecule has 0 aliphatic carbocycles. The van der Waals surface area contributed by atoms with Gasteiger partial charge in [0.05, 0.1) is 12.9 Å². The molecule has 0 spiro atoms. The third-order valence-electron chi connectivity index (χ3n) is 2.83. The van der Waals surface area contributed by atoms with Gasteiger partial charge in [-0.3, -0.25) is 15.2 Å². The van der Waals surface area contributed by atoms with Crippen LogP contribution in [0.4, 0.5) is 17.5 Å². The lowest BCUT2D eigenvalue weighted by atomic mass is 10.2. The first-order chi connectivity index (χ1) is 10.2. The highest BCUT2D eigenvalue weighted by atomic mass is 16.5. The van der Waals surface area contributed by atoms with Crippen LogP contribution in [0.3, 0.4) is 0 Å². The third-order valence-corrected chi connectivity index (χ3v) is 2.83. The molecule has 0 aromatic carbocycles. The van der Waals surface area contributed by atoms with E-state index in [-0.39, 0.29) is 18.5 Å². The van der Waals surface area contributed by atoms with Gasteiger partial charge in [0.15, 0.2) is 11.6 Å². The largest absolute Gasteiger partial charge is 0.465 e. The predicted octanol–water partition coefficient (Wildman–Crippen LogP) is 0.533. The number of nitrogen functional groups attached to an aromatic ring is 1. The third kappa shape index (κ3) is 2.46. The van der Waals surface area contributed by atoms with Gasteiger partial charge in [-0.1, -0.05) is 0 Å². The first-order valence-corrected chi connectivity index (χ1v) is 6.35. The first kappa shape index (κ1) is 13.2. The second-order valence-electron chi connectivity index (χ2n) is 4.23. The number of nitrogens with two attached hydrogens (primary N) is 1. The lowest BCUT2D eigenvalue weighted by molar-refractivity contribution is -0.141. The molecule has 1 aliphatic heterocycles. The zero-order valence-electron chi connectivity index (χ0n) is 11.3. The quantitative estimate of drug-likeness (QED) is 0.693. The second-order valence-corrected chi connectivity index (χ2v) is 4.23. The van der Waals surface area contributed by atoms with E-state index in [9.17, 15) is 4.79 Å². The Hall–Kier alpha value is -2.81. The van der Waals surface area contributed by atoms with Crippen LogP contribution >= 0.6 is 0 Å². The fraction of sp³-hybridized carbons (Fsp3) is 0.250. The molecule has 0 radical (unpaired) electrons. The number of nitrogens with one attached hydrogen (secondary N) is 2. The van der Waals surface area contributed by atoms with Gasteiger partial charge in [0.1, 0.15) is 17.9 Å². The molecule has 3 rings (SSSR count). The van der Waals surface area contributed by atoms with Crippen molar-refractivity contribution in [1.82, 2.24) is 15.5 Å². The number of carbonyl (C=O) groups excluding carboxylic acids is 1. The van der Waals surface area contributed by atoms with Gasteiger partial charge in [-0.25, -0.2) is 4.98 Å². The van der Waals surface area contributed by atoms with Crippen molar-refractivity contribution < 1.29 is 13.9 Å². The summed E-state index contributed by atoms with van der Waals surface area (Å²) in [6, 6.07) is 3.51. The van der Waals surface area contributed by atoms with Gasteiger partial charge in [-0.2, -0.15) is 4.98 Å². The smallest absolute Gasteiger partial charge is 0.327 e. The molecule has 0 unspecified atom stereocenters. The van der Waals surface area contributed by atoms with Crippen LogP contribution in [0.25, 0.3) is 11.5 Å². The molecule has 0 bridgehead atoms. The van der Waals surface area contributed by atoms with Gasteiger partial charge in [0, 0.05) is 0 Å². The lowest BCUT2D eigenvalue weighted by Gasteiger charge is -2.15. The summed E-state index contributed by atoms with van der Waals surface area (Å²) >= 11 is 0. The number of fused-ring (bicyclic) bond motifs is 1. The molecule has 3 heterocycles. The average molecular weight is 290 g/mol. The standard InChI is InChI=1S/C12H14N6O3/c1-2-20-8(19)6-18-11-10(16-17-18)9(14-12(13)15-11)7-4-3-5-21-7/h3-5,16-17H,2,6H2,1H3,(H2,13,14,15). The van der Waals surface area contributed by atoms with Crippen LogP contribution in [-0.4, -0.2) is 29.1 Å². The van der Waals surface area contributed by atoms with Crippen molar-refractivity contribution in [1.29, 1.82) is 0 Å². The first-order valence-electron chi connectivity index (χ1n) is 6.35. The normalized spacial score (nSPS) is 12.9. The van der Waals surface area contributed by atoms with Crippen LogP contribution in [0.15, 0.2) is 22.8 Å². The number of furan rings is 1. The number of aromatic nitrogens is 2. The van der Waals surface area contributed by atoms with Crippen molar-refractivity contribution in [2.45, 2.75) is 6.92 Å². The molecule has 1 aliphatic rings. The highest BCUT2D eigenvalue weighted by Crippen LogP contribution is 2.36. The van der Waals surface area contributed by atoms with Crippen LogP contribution in [-0.2, 0) is 9.53 Å². The summed E-state index contributed by atoms with van der Waals surface area (Å²) in [4.78, 5) is 19.9. The van der Waals surface area contributed by atoms with Crippen molar-refractivity contribution in [2.75, 3.05) is 29.3 Å². The van der Waals surface area contributed by atoms with E-state index in [0.717, 1.165) is 0 Å². The molecule has 0 amide bonds. The van der Waals surface area contributed by atoms with E-state index in [4.69, 9.17) is 14.9 Å². The number of esters is 1. The van der Waals surface area contributed by atoms with E-state index < -0.39 is 0 Å². The van der Waals surface area contributed by atoms with Crippen LogP contribution in [0, 0.1) is 0 Å². The monoisotopic (exact) mass is 290 g/mol. The molecule has 110 valence electrons. The minimum absolute atomic E-state index is 0.0120. The van der Waals surface area contributed by atoms with Crippen LogP contribution < -0.4 is 21.7 Å². The number of carbonyl (C=O) groups is 1. The molecular weight excluding hydrogens is 276 g/mol. The molecule has 0 saturated carbocycles. The zero-order chi connectivity index (χ0) is 14.8. The van der Waals surface area contributed by atoms with Gasteiger partial charge >= 0.3 is 5.97 Å². The topological polar surface area (TPSA) is 119 Å². The molecule has 0 saturated heterocycles. The average Bonchev–Trinajstić information content (AvgIpc) is 3.09. The maximum Gasteiger partial charge on any atom is 0.327 e. The Labute approximate surface area is 120 Å². The summed E-state index contributed by atoms with van der Waals surface area (Å²) in [5, 5.41) is 1.50. The molecule has 21 heavy (non-hydrogen) atoms. The SMILES string of the molecule is CCOC(=O)CN1NNc2c(-c3ccco3)nc(N)nc21. The zero-order valence-corrected chi connectivity index (χ0v) is 11.3. The Balaban J connectivity index is 1.94. The summed E-state index contributed by atoms with van der Waals surface area (Å²) in [6.07, 6.45) is 1.54. The lowest BCUT2D eigenvalue weighted by Crippen LogP contribution is -2.40. The van der Waals surface area contributed by atoms with Crippen molar-refractivity contribution in [2.24, 2.45) is 0 Å². The summed E-state index contributed by atoms with van der Waals surface area (Å²) in [7, 11) is 0. The maximum absolute atomic E-state index is 11.6. The molecule has 4 N–H and O–H groups in total. The Kier molecular flexibility index (Phi) is 3.32. The highest BCUT2D eigenvalue weighted by Gasteiger charge is 2.28. The van der Waals surface area contributed by atoms with E-state index in [0.29, 0.717) is 29.6 Å². The van der Waals surface area contributed by atoms with Gasteiger partial charge in [-0.15, -0.1) is 5.53 Å². The highest BCUT2D eigenvalue weighted by molar-refractivity contribution is 5.86. The molecule has 2 aromatic heterocycles. The summed E-state index contributed by atoms with van der Waals surface area (Å²) < 4.78 is 10.2. The Bertz CT molecular complexity index is 657. The molecule has 2 aromatic rings. The number of hydrazine groups is 2. The van der Waals surface area contributed by atoms with E-state index in [2.05, 4.69) is 20.9 Å². The Morgan fingerprint density at radius 3 is 3.10 bits per heavy atom.